The molecule has 4 heteroatoms. The van der Waals surface area contributed by atoms with Gasteiger partial charge in [-0.25, -0.2) is 0 Å². The third-order valence-corrected chi connectivity index (χ3v) is 2.71. The normalized spacial score (nSPS) is 13.1. The molecule has 0 radical (unpaired) electrons. The van der Waals surface area contributed by atoms with Crippen molar-refractivity contribution in [3.8, 4) is 0 Å². The van der Waals surface area contributed by atoms with Gasteiger partial charge in [-0.3, -0.25) is 9.69 Å². The highest BCUT2D eigenvalue weighted by molar-refractivity contribution is 5.75. The van der Waals surface area contributed by atoms with E-state index in [0.29, 0.717) is 5.69 Å². The predicted octanol–water partition coefficient (Wildman–Crippen LogP) is 1.73. The lowest BCUT2D eigenvalue weighted by atomic mass is 10.0. The van der Waals surface area contributed by atoms with Gasteiger partial charge < -0.3 is 10.8 Å². The molecule has 1 aromatic carbocycles. The van der Waals surface area contributed by atoms with Gasteiger partial charge in [-0.15, -0.1) is 0 Å². The Hall–Kier alpha value is -1.55. The number of rotatable bonds is 4. The summed E-state index contributed by atoms with van der Waals surface area (Å²) in [6.07, 6.45) is 0. The number of hydrogen-bond donors (Lipinski definition) is 2. The largest absolute Gasteiger partial charge is 0.480 e. The van der Waals surface area contributed by atoms with E-state index in [9.17, 15) is 9.90 Å². The minimum absolute atomic E-state index is 0.165. The molecule has 0 saturated heterocycles. The lowest BCUT2D eigenvalue weighted by Gasteiger charge is -2.28. The van der Waals surface area contributed by atoms with Gasteiger partial charge in [-0.1, -0.05) is 12.1 Å². The van der Waals surface area contributed by atoms with E-state index in [1.165, 1.54) is 0 Å². The molecule has 1 rings (SSSR count). The number of anilines is 1. The zero-order valence-corrected chi connectivity index (χ0v) is 9.84. The van der Waals surface area contributed by atoms with E-state index in [2.05, 4.69) is 0 Å². The van der Waals surface area contributed by atoms with E-state index < -0.39 is 12.0 Å². The van der Waals surface area contributed by atoms with Crippen molar-refractivity contribution in [3.05, 3.63) is 29.8 Å². The Kier molecular flexibility index (Phi) is 3.90. The number of benzene rings is 1. The van der Waals surface area contributed by atoms with E-state index in [0.717, 1.165) is 5.56 Å². The Morgan fingerprint density at radius 2 is 1.81 bits per heavy atom. The van der Waals surface area contributed by atoms with Gasteiger partial charge in [-0.05, 0) is 38.6 Å². The molecule has 0 aliphatic heterocycles. The minimum Gasteiger partial charge on any atom is -0.480 e. The summed E-state index contributed by atoms with van der Waals surface area (Å²) < 4.78 is 0. The van der Waals surface area contributed by atoms with Gasteiger partial charge in [0.05, 0.1) is 0 Å². The van der Waals surface area contributed by atoms with Crippen molar-refractivity contribution in [2.75, 3.05) is 12.8 Å². The molecule has 4 nitrogen and oxygen atoms in total. The Morgan fingerprint density at radius 1 is 1.31 bits per heavy atom. The fraction of sp³-hybridized carbons (Fsp3) is 0.417. The molecule has 88 valence electrons. The quantitative estimate of drug-likeness (QED) is 0.761. The summed E-state index contributed by atoms with van der Waals surface area (Å²) in [5.74, 6) is -0.846. The van der Waals surface area contributed by atoms with E-state index in [1.54, 1.807) is 31.3 Å². The number of hydrogen-bond acceptors (Lipinski definition) is 3. The van der Waals surface area contributed by atoms with Crippen LogP contribution in [0, 0.1) is 0 Å². The molecule has 0 aromatic heterocycles. The van der Waals surface area contributed by atoms with Gasteiger partial charge in [0.15, 0.2) is 0 Å². The molecule has 0 saturated carbocycles. The Bertz CT molecular complexity index is 360. The maximum Gasteiger partial charge on any atom is 0.325 e. The van der Waals surface area contributed by atoms with Crippen molar-refractivity contribution >= 4 is 11.7 Å². The van der Waals surface area contributed by atoms with Crippen molar-refractivity contribution < 1.29 is 9.90 Å². The van der Waals surface area contributed by atoms with Crippen molar-refractivity contribution in [1.29, 1.82) is 0 Å². The molecule has 1 unspecified atom stereocenters. The molecular weight excluding hydrogens is 204 g/mol. The Morgan fingerprint density at radius 3 is 2.19 bits per heavy atom. The SMILES string of the molecule is CC(C)N(C)C(C(=O)O)c1ccc(N)cc1. The Balaban J connectivity index is 3.03. The van der Waals surface area contributed by atoms with Crippen LogP contribution in [0.5, 0.6) is 0 Å². The average molecular weight is 222 g/mol. The first kappa shape index (κ1) is 12.5. The molecule has 0 heterocycles. The zero-order chi connectivity index (χ0) is 12.3. The first-order valence-corrected chi connectivity index (χ1v) is 5.23. The Labute approximate surface area is 95.7 Å². The summed E-state index contributed by atoms with van der Waals surface area (Å²) in [4.78, 5) is 13.1. The highest BCUT2D eigenvalue weighted by atomic mass is 16.4. The van der Waals surface area contributed by atoms with Crippen LogP contribution in [0.2, 0.25) is 0 Å². The van der Waals surface area contributed by atoms with Crippen LogP contribution in [0.15, 0.2) is 24.3 Å². The van der Waals surface area contributed by atoms with Crippen LogP contribution in [-0.2, 0) is 4.79 Å². The first-order valence-electron chi connectivity index (χ1n) is 5.23. The monoisotopic (exact) mass is 222 g/mol. The third-order valence-electron chi connectivity index (χ3n) is 2.71. The number of aliphatic carboxylic acids is 1. The average Bonchev–Trinajstić information content (AvgIpc) is 2.20. The van der Waals surface area contributed by atoms with Gasteiger partial charge in [-0.2, -0.15) is 0 Å². The lowest BCUT2D eigenvalue weighted by molar-refractivity contribution is -0.143. The maximum atomic E-state index is 11.3. The van der Waals surface area contributed by atoms with Crippen LogP contribution in [0.1, 0.15) is 25.5 Å². The molecule has 1 aromatic rings. The van der Waals surface area contributed by atoms with Crippen molar-refractivity contribution in [2.45, 2.75) is 25.9 Å². The molecule has 0 spiro atoms. The maximum absolute atomic E-state index is 11.3. The van der Waals surface area contributed by atoms with Gasteiger partial charge in [0.1, 0.15) is 6.04 Å². The number of nitrogen functional groups attached to an aromatic ring is 1. The second-order valence-electron chi connectivity index (χ2n) is 4.17. The minimum atomic E-state index is -0.846. The number of nitrogens with two attached hydrogens (primary N) is 1. The van der Waals surface area contributed by atoms with E-state index in [4.69, 9.17) is 5.73 Å². The summed E-state index contributed by atoms with van der Waals surface area (Å²) in [5.41, 5.74) is 6.96. The van der Waals surface area contributed by atoms with Crippen molar-refractivity contribution in [1.82, 2.24) is 4.90 Å². The summed E-state index contributed by atoms with van der Waals surface area (Å²) in [7, 11) is 1.81. The molecular formula is C12H18N2O2. The molecule has 0 aliphatic rings. The fourth-order valence-corrected chi connectivity index (χ4v) is 1.53. The van der Waals surface area contributed by atoms with E-state index >= 15 is 0 Å². The summed E-state index contributed by atoms with van der Waals surface area (Å²) in [6, 6.07) is 6.50. The van der Waals surface area contributed by atoms with Gasteiger partial charge in [0.2, 0.25) is 0 Å². The van der Waals surface area contributed by atoms with Crippen LogP contribution < -0.4 is 5.73 Å². The molecule has 0 fully saturated rings. The molecule has 0 aliphatic carbocycles. The second-order valence-corrected chi connectivity index (χ2v) is 4.17. The smallest absolute Gasteiger partial charge is 0.325 e. The number of carbonyl (C=O) groups is 1. The summed E-state index contributed by atoms with van der Waals surface area (Å²) in [5, 5.41) is 9.24. The number of likely N-dealkylation sites (N-methyl/N-ethyl adjacent to an activating group) is 1. The fourth-order valence-electron chi connectivity index (χ4n) is 1.53. The van der Waals surface area contributed by atoms with Crippen molar-refractivity contribution in [2.24, 2.45) is 0 Å². The molecule has 3 N–H and O–H groups in total. The van der Waals surface area contributed by atoms with Gasteiger partial charge >= 0.3 is 5.97 Å². The highest BCUT2D eigenvalue weighted by Gasteiger charge is 2.25. The molecule has 0 bridgehead atoms. The summed E-state index contributed by atoms with van der Waals surface area (Å²) in [6.45, 7) is 3.93. The summed E-state index contributed by atoms with van der Waals surface area (Å²) >= 11 is 0. The van der Waals surface area contributed by atoms with E-state index in [1.807, 2.05) is 18.7 Å². The van der Waals surface area contributed by atoms with Crippen LogP contribution in [0.25, 0.3) is 0 Å². The van der Waals surface area contributed by atoms with Gasteiger partial charge in [0.25, 0.3) is 0 Å². The molecule has 16 heavy (non-hydrogen) atoms. The van der Waals surface area contributed by atoms with Crippen LogP contribution >= 0.6 is 0 Å². The van der Waals surface area contributed by atoms with Gasteiger partial charge in [0, 0.05) is 11.7 Å². The van der Waals surface area contributed by atoms with Crippen LogP contribution in [0.3, 0.4) is 0 Å². The number of nitrogens with zero attached hydrogens (tertiary/aromatic N) is 1. The third kappa shape index (κ3) is 2.73. The van der Waals surface area contributed by atoms with E-state index in [-0.39, 0.29) is 6.04 Å². The predicted molar refractivity (Wildman–Crippen MR) is 64.1 cm³/mol. The number of carboxylic acids is 1. The van der Waals surface area contributed by atoms with Crippen LogP contribution in [-0.4, -0.2) is 29.1 Å². The standard InChI is InChI=1S/C12H18N2O2/c1-8(2)14(3)11(12(15)16)9-4-6-10(13)7-5-9/h4-8,11H,13H2,1-3H3,(H,15,16). The highest BCUT2D eigenvalue weighted by Crippen LogP contribution is 2.22. The zero-order valence-electron chi connectivity index (χ0n) is 9.84. The number of carboxylic acid groups (broad SMARTS) is 1. The lowest BCUT2D eigenvalue weighted by Crippen LogP contribution is -2.35. The van der Waals surface area contributed by atoms with Crippen molar-refractivity contribution in [3.63, 3.8) is 0 Å². The molecule has 0 amide bonds. The molecule has 1 atom stereocenters. The first-order chi connectivity index (χ1) is 7.43. The second kappa shape index (κ2) is 4.99. The topological polar surface area (TPSA) is 66.6 Å². The van der Waals surface area contributed by atoms with Crippen LogP contribution in [0.4, 0.5) is 5.69 Å².